The van der Waals surface area contributed by atoms with Gasteiger partial charge in [-0.1, -0.05) is 32.0 Å². The van der Waals surface area contributed by atoms with Crippen LogP contribution in [0.5, 0.6) is 5.75 Å². The SMILES string of the molecule is CC(C)C(N)CCCOc1ccccc1. The van der Waals surface area contributed by atoms with E-state index >= 15 is 0 Å². The molecule has 1 aromatic rings. The lowest BCUT2D eigenvalue weighted by Crippen LogP contribution is -2.26. The summed E-state index contributed by atoms with van der Waals surface area (Å²) in [4.78, 5) is 0. The maximum atomic E-state index is 5.94. The van der Waals surface area contributed by atoms with Gasteiger partial charge in [0.1, 0.15) is 5.75 Å². The minimum atomic E-state index is 0.296. The third-order valence-electron chi connectivity index (χ3n) is 2.55. The van der Waals surface area contributed by atoms with Gasteiger partial charge in [-0.25, -0.2) is 0 Å². The number of ether oxygens (including phenoxy) is 1. The molecule has 0 aliphatic heterocycles. The Labute approximate surface area is 92.4 Å². The molecule has 0 radical (unpaired) electrons. The second kappa shape index (κ2) is 6.46. The van der Waals surface area contributed by atoms with E-state index in [0.29, 0.717) is 12.0 Å². The summed E-state index contributed by atoms with van der Waals surface area (Å²) in [6, 6.07) is 10.2. The largest absolute Gasteiger partial charge is 0.494 e. The Kier molecular flexibility index (Phi) is 5.19. The van der Waals surface area contributed by atoms with Crippen molar-refractivity contribution in [3.05, 3.63) is 30.3 Å². The standard InChI is InChI=1S/C13H21NO/c1-11(2)13(14)9-6-10-15-12-7-4-3-5-8-12/h3-5,7-8,11,13H,6,9-10,14H2,1-2H3. The van der Waals surface area contributed by atoms with Crippen LogP contribution in [0.2, 0.25) is 0 Å². The first-order valence-corrected chi connectivity index (χ1v) is 5.63. The summed E-state index contributed by atoms with van der Waals surface area (Å²) in [7, 11) is 0. The van der Waals surface area contributed by atoms with Gasteiger partial charge in [0, 0.05) is 6.04 Å². The lowest BCUT2D eigenvalue weighted by molar-refractivity contribution is 0.294. The van der Waals surface area contributed by atoms with E-state index in [1.54, 1.807) is 0 Å². The van der Waals surface area contributed by atoms with E-state index in [9.17, 15) is 0 Å². The fourth-order valence-corrected chi connectivity index (χ4v) is 1.36. The highest BCUT2D eigenvalue weighted by Crippen LogP contribution is 2.10. The van der Waals surface area contributed by atoms with Crippen LogP contribution in [0.25, 0.3) is 0 Å². The summed E-state index contributed by atoms with van der Waals surface area (Å²) in [5.41, 5.74) is 5.94. The molecule has 2 heteroatoms. The lowest BCUT2D eigenvalue weighted by atomic mass is 10.0. The molecule has 0 amide bonds. The lowest BCUT2D eigenvalue weighted by Gasteiger charge is -2.15. The molecule has 1 aromatic carbocycles. The zero-order valence-electron chi connectivity index (χ0n) is 9.65. The fraction of sp³-hybridized carbons (Fsp3) is 0.538. The molecule has 1 rings (SSSR count). The number of hydrogen-bond donors (Lipinski definition) is 1. The van der Waals surface area contributed by atoms with Crippen LogP contribution in [0.15, 0.2) is 30.3 Å². The molecule has 1 unspecified atom stereocenters. The average Bonchev–Trinajstić information content (AvgIpc) is 2.25. The number of benzene rings is 1. The second-order valence-corrected chi connectivity index (χ2v) is 4.21. The number of para-hydroxylation sites is 1. The summed E-state index contributed by atoms with van der Waals surface area (Å²) in [6.45, 7) is 5.07. The highest BCUT2D eigenvalue weighted by Gasteiger charge is 2.06. The van der Waals surface area contributed by atoms with Crippen LogP contribution < -0.4 is 10.5 Å². The molecular formula is C13H21NO. The van der Waals surface area contributed by atoms with Gasteiger partial charge in [-0.05, 0) is 30.9 Å². The maximum Gasteiger partial charge on any atom is 0.119 e. The van der Waals surface area contributed by atoms with Crippen molar-refractivity contribution in [3.8, 4) is 5.75 Å². The first-order chi connectivity index (χ1) is 7.20. The zero-order chi connectivity index (χ0) is 11.1. The summed E-state index contributed by atoms with van der Waals surface area (Å²) >= 11 is 0. The van der Waals surface area contributed by atoms with E-state index in [2.05, 4.69) is 13.8 Å². The maximum absolute atomic E-state index is 5.94. The predicted octanol–water partition coefficient (Wildman–Crippen LogP) is 2.83. The second-order valence-electron chi connectivity index (χ2n) is 4.21. The van der Waals surface area contributed by atoms with Crippen LogP contribution >= 0.6 is 0 Å². The van der Waals surface area contributed by atoms with Gasteiger partial charge >= 0.3 is 0 Å². The van der Waals surface area contributed by atoms with Crippen LogP contribution in [0.4, 0.5) is 0 Å². The van der Waals surface area contributed by atoms with E-state index in [0.717, 1.165) is 25.2 Å². The molecule has 0 saturated heterocycles. The highest BCUT2D eigenvalue weighted by molar-refractivity contribution is 5.20. The van der Waals surface area contributed by atoms with Gasteiger partial charge in [-0.3, -0.25) is 0 Å². The molecule has 0 spiro atoms. The van der Waals surface area contributed by atoms with E-state index in [1.807, 2.05) is 30.3 Å². The molecule has 0 saturated carbocycles. The smallest absolute Gasteiger partial charge is 0.119 e. The number of hydrogen-bond acceptors (Lipinski definition) is 2. The molecule has 0 aliphatic rings. The van der Waals surface area contributed by atoms with Gasteiger partial charge in [0.25, 0.3) is 0 Å². The van der Waals surface area contributed by atoms with E-state index in [4.69, 9.17) is 10.5 Å². The molecule has 0 aliphatic carbocycles. The van der Waals surface area contributed by atoms with Crippen molar-refractivity contribution in [2.75, 3.05) is 6.61 Å². The summed E-state index contributed by atoms with van der Waals surface area (Å²) in [5, 5.41) is 0. The quantitative estimate of drug-likeness (QED) is 0.728. The van der Waals surface area contributed by atoms with Crippen molar-refractivity contribution in [2.24, 2.45) is 11.7 Å². The van der Waals surface area contributed by atoms with Crippen LogP contribution in [0.3, 0.4) is 0 Å². The van der Waals surface area contributed by atoms with Crippen molar-refractivity contribution in [1.29, 1.82) is 0 Å². The van der Waals surface area contributed by atoms with Crippen molar-refractivity contribution >= 4 is 0 Å². The number of nitrogens with two attached hydrogens (primary N) is 1. The Morgan fingerprint density at radius 3 is 2.47 bits per heavy atom. The first-order valence-electron chi connectivity index (χ1n) is 5.63. The Morgan fingerprint density at radius 1 is 1.20 bits per heavy atom. The monoisotopic (exact) mass is 207 g/mol. The number of rotatable bonds is 6. The third kappa shape index (κ3) is 4.84. The van der Waals surface area contributed by atoms with Crippen molar-refractivity contribution in [1.82, 2.24) is 0 Å². The average molecular weight is 207 g/mol. The van der Waals surface area contributed by atoms with E-state index < -0.39 is 0 Å². The van der Waals surface area contributed by atoms with Crippen LogP contribution in [0.1, 0.15) is 26.7 Å². The predicted molar refractivity (Wildman–Crippen MR) is 64.0 cm³/mol. The van der Waals surface area contributed by atoms with Crippen molar-refractivity contribution in [2.45, 2.75) is 32.7 Å². The van der Waals surface area contributed by atoms with Gasteiger partial charge in [-0.15, -0.1) is 0 Å². The van der Waals surface area contributed by atoms with Gasteiger partial charge in [0.2, 0.25) is 0 Å². The molecule has 0 fully saturated rings. The van der Waals surface area contributed by atoms with Crippen molar-refractivity contribution < 1.29 is 4.74 Å². The van der Waals surface area contributed by atoms with Gasteiger partial charge in [-0.2, -0.15) is 0 Å². The summed E-state index contributed by atoms with van der Waals surface area (Å²) < 4.78 is 5.58. The third-order valence-corrected chi connectivity index (χ3v) is 2.55. The van der Waals surface area contributed by atoms with Crippen LogP contribution in [0, 0.1) is 5.92 Å². The molecule has 2 nitrogen and oxygen atoms in total. The van der Waals surface area contributed by atoms with Crippen molar-refractivity contribution in [3.63, 3.8) is 0 Å². The Bertz CT molecular complexity index is 258. The molecular weight excluding hydrogens is 186 g/mol. The Balaban J connectivity index is 2.12. The minimum Gasteiger partial charge on any atom is -0.494 e. The van der Waals surface area contributed by atoms with Crippen LogP contribution in [-0.4, -0.2) is 12.6 Å². The van der Waals surface area contributed by atoms with E-state index in [-0.39, 0.29) is 0 Å². The molecule has 0 bridgehead atoms. The first kappa shape index (κ1) is 12.1. The van der Waals surface area contributed by atoms with Gasteiger partial charge in [0.05, 0.1) is 6.61 Å². The molecule has 84 valence electrons. The van der Waals surface area contributed by atoms with Gasteiger partial charge < -0.3 is 10.5 Å². The highest BCUT2D eigenvalue weighted by atomic mass is 16.5. The van der Waals surface area contributed by atoms with Crippen LogP contribution in [-0.2, 0) is 0 Å². The topological polar surface area (TPSA) is 35.2 Å². The Morgan fingerprint density at radius 2 is 1.87 bits per heavy atom. The fourth-order valence-electron chi connectivity index (χ4n) is 1.36. The minimum absolute atomic E-state index is 0.296. The molecule has 0 heterocycles. The summed E-state index contributed by atoms with van der Waals surface area (Å²) in [5.74, 6) is 1.50. The summed E-state index contributed by atoms with van der Waals surface area (Å²) in [6.07, 6.45) is 2.05. The molecule has 1 atom stereocenters. The Hall–Kier alpha value is -1.02. The van der Waals surface area contributed by atoms with E-state index in [1.165, 1.54) is 0 Å². The zero-order valence-corrected chi connectivity index (χ0v) is 9.65. The molecule has 15 heavy (non-hydrogen) atoms. The molecule has 0 aromatic heterocycles. The normalized spacial score (nSPS) is 12.8. The molecule has 2 N–H and O–H groups in total. The van der Waals surface area contributed by atoms with Gasteiger partial charge in [0.15, 0.2) is 0 Å².